The summed E-state index contributed by atoms with van der Waals surface area (Å²) in [5.41, 5.74) is 8.09. The van der Waals surface area contributed by atoms with Crippen molar-refractivity contribution in [3.8, 4) is 0 Å². The van der Waals surface area contributed by atoms with Gasteiger partial charge in [0, 0.05) is 49.9 Å². The molecule has 2 atom stereocenters. The third-order valence-electron chi connectivity index (χ3n) is 4.09. The quantitative estimate of drug-likeness (QED) is 0.897. The Morgan fingerprint density at radius 2 is 2.30 bits per heavy atom. The van der Waals surface area contributed by atoms with Crippen LogP contribution in [0.2, 0.25) is 5.02 Å². The molecule has 1 fully saturated rings. The van der Waals surface area contributed by atoms with E-state index < -0.39 is 0 Å². The molecule has 0 aliphatic carbocycles. The van der Waals surface area contributed by atoms with Crippen molar-refractivity contribution in [3.05, 3.63) is 53.1 Å². The Balaban J connectivity index is 1.58. The molecule has 0 bridgehead atoms. The number of imidazole rings is 1. The lowest BCUT2D eigenvalue weighted by molar-refractivity contribution is 0.207. The number of nitrogens with zero attached hydrogens (tertiary/aromatic N) is 3. The first kappa shape index (κ1) is 15.8. The average molecular weight is 334 g/mol. The van der Waals surface area contributed by atoms with Gasteiger partial charge in [-0.15, -0.1) is 0 Å². The highest BCUT2D eigenvalue weighted by molar-refractivity contribution is 6.30. The lowest BCUT2D eigenvalue weighted by Crippen LogP contribution is -2.39. The Bertz CT molecular complexity index is 701. The van der Waals surface area contributed by atoms with Gasteiger partial charge in [0.1, 0.15) is 0 Å². The summed E-state index contributed by atoms with van der Waals surface area (Å²) in [6, 6.07) is 7.24. The van der Waals surface area contributed by atoms with Crippen molar-refractivity contribution in [1.29, 1.82) is 0 Å². The van der Waals surface area contributed by atoms with E-state index in [1.54, 1.807) is 11.2 Å². The molecule has 2 heterocycles. The Kier molecular flexibility index (Phi) is 4.54. The Hall–Kier alpha value is -2.05. The van der Waals surface area contributed by atoms with E-state index >= 15 is 0 Å². The number of carbonyl (C=O) groups excluding carboxylic acids is 1. The topological polar surface area (TPSA) is 76.2 Å². The van der Waals surface area contributed by atoms with Crippen LogP contribution in [0, 0.1) is 0 Å². The molecule has 2 aromatic rings. The molecule has 0 unspecified atom stereocenters. The third kappa shape index (κ3) is 3.65. The molecule has 3 rings (SSSR count). The lowest BCUT2D eigenvalue weighted by Gasteiger charge is -2.17. The molecule has 3 N–H and O–H groups in total. The number of carbonyl (C=O) groups is 1. The van der Waals surface area contributed by atoms with E-state index in [0.29, 0.717) is 24.7 Å². The molecule has 122 valence electrons. The first-order valence-electron chi connectivity index (χ1n) is 7.53. The van der Waals surface area contributed by atoms with Crippen LogP contribution in [0.5, 0.6) is 0 Å². The summed E-state index contributed by atoms with van der Waals surface area (Å²) in [6.45, 7) is 1.56. The molecule has 1 saturated heterocycles. The maximum absolute atomic E-state index is 12.3. The van der Waals surface area contributed by atoms with Gasteiger partial charge in [-0.3, -0.25) is 0 Å². The van der Waals surface area contributed by atoms with Crippen molar-refractivity contribution >= 4 is 17.6 Å². The van der Waals surface area contributed by atoms with Crippen molar-refractivity contribution in [2.45, 2.75) is 18.5 Å². The number of nitrogens with one attached hydrogen (secondary N) is 1. The lowest BCUT2D eigenvalue weighted by atomic mass is 10.0. The fourth-order valence-electron chi connectivity index (χ4n) is 2.87. The fourth-order valence-corrected chi connectivity index (χ4v) is 3.08. The number of nitrogens with two attached hydrogens (primary N) is 1. The molecule has 1 aromatic heterocycles. The van der Waals surface area contributed by atoms with E-state index in [1.807, 2.05) is 42.1 Å². The number of likely N-dealkylation sites (tertiary alicyclic amines) is 1. The minimum atomic E-state index is -0.112. The van der Waals surface area contributed by atoms with Crippen molar-refractivity contribution in [2.24, 2.45) is 12.8 Å². The summed E-state index contributed by atoms with van der Waals surface area (Å²) in [5.74, 6) is 0.0770. The summed E-state index contributed by atoms with van der Waals surface area (Å²) in [7, 11) is 1.92. The van der Waals surface area contributed by atoms with Gasteiger partial charge in [0.25, 0.3) is 0 Å². The summed E-state index contributed by atoms with van der Waals surface area (Å²) in [6.07, 6.45) is 3.71. The Labute approximate surface area is 140 Å². The van der Waals surface area contributed by atoms with Crippen LogP contribution >= 0.6 is 11.6 Å². The first-order valence-corrected chi connectivity index (χ1v) is 7.91. The fraction of sp³-hybridized carbons (Fsp3) is 0.375. The highest BCUT2D eigenvalue weighted by Gasteiger charge is 2.35. The first-order chi connectivity index (χ1) is 11.0. The van der Waals surface area contributed by atoms with Gasteiger partial charge in [-0.05, 0) is 17.7 Å². The third-order valence-corrected chi connectivity index (χ3v) is 4.32. The largest absolute Gasteiger partial charge is 0.340 e. The molecule has 1 aliphatic rings. The van der Waals surface area contributed by atoms with Crippen LogP contribution < -0.4 is 11.1 Å². The van der Waals surface area contributed by atoms with E-state index in [4.69, 9.17) is 17.3 Å². The molecule has 7 heteroatoms. The van der Waals surface area contributed by atoms with E-state index in [1.165, 1.54) is 0 Å². The SMILES string of the molecule is Cn1cnc([C@H]2CN(C(=O)NCc3cccc(Cl)c3)C[C@@H]2N)c1. The number of aromatic nitrogens is 2. The number of halogens is 1. The number of hydrogen-bond donors (Lipinski definition) is 2. The summed E-state index contributed by atoms with van der Waals surface area (Å²) in [4.78, 5) is 18.4. The molecule has 0 spiro atoms. The predicted molar refractivity (Wildman–Crippen MR) is 89.2 cm³/mol. The molecule has 6 nitrogen and oxygen atoms in total. The van der Waals surface area contributed by atoms with Gasteiger partial charge in [-0.25, -0.2) is 9.78 Å². The van der Waals surface area contributed by atoms with Crippen LogP contribution in [0.1, 0.15) is 17.2 Å². The zero-order chi connectivity index (χ0) is 16.4. The highest BCUT2D eigenvalue weighted by Crippen LogP contribution is 2.25. The van der Waals surface area contributed by atoms with Crippen LogP contribution in [0.3, 0.4) is 0 Å². The maximum Gasteiger partial charge on any atom is 0.317 e. The van der Waals surface area contributed by atoms with E-state index in [-0.39, 0.29) is 18.0 Å². The van der Waals surface area contributed by atoms with Crippen molar-refractivity contribution in [1.82, 2.24) is 19.8 Å². The second kappa shape index (κ2) is 6.60. The summed E-state index contributed by atoms with van der Waals surface area (Å²) < 4.78 is 1.89. The average Bonchev–Trinajstić information content (AvgIpc) is 3.11. The monoisotopic (exact) mass is 333 g/mol. The van der Waals surface area contributed by atoms with Crippen LogP contribution in [0.4, 0.5) is 4.79 Å². The minimum absolute atomic E-state index is 0.0770. The zero-order valence-electron chi connectivity index (χ0n) is 12.9. The van der Waals surface area contributed by atoms with Gasteiger partial charge in [-0.2, -0.15) is 0 Å². The van der Waals surface area contributed by atoms with Crippen LogP contribution in [0.25, 0.3) is 0 Å². The molecule has 1 aliphatic heterocycles. The van der Waals surface area contributed by atoms with Gasteiger partial charge in [-0.1, -0.05) is 23.7 Å². The van der Waals surface area contributed by atoms with Gasteiger partial charge in [0.05, 0.1) is 12.0 Å². The number of hydrogen-bond acceptors (Lipinski definition) is 3. The molecule has 23 heavy (non-hydrogen) atoms. The summed E-state index contributed by atoms with van der Waals surface area (Å²) in [5, 5.41) is 3.58. The van der Waals surface area contributed by atoms with E-state index in [2.05, 4.69) is 10.3 Å². The van der Waals surface area contributed by atoms with E-state index in [9.17, 15) is 4.79 Å². The number of rotatable bonds is 3. The molecule has 2 amide bonds. The Morgan fingerprint density at radius 1 is 1.48 bits per heavy atom. The predicted octanol–water partition coefficient (Wildman–Crippen LogP) is 1.71. The smallest absolute Gasteiger partial charge is 0.317 e. The second-order valence-electron chi connectivity index (χ2n) is 5.93. The number of benzene rings is 1. The molecular formula is C16H20ClN5O. The van der Waals surface area contributed by atoms with E-state index in [0.717, 1.165) is 11.3 Å². The highest BCUT2D eigenvalue weighted by atomic mass is 35.5. The molecular weight excluding hydrogens is 314 g/mol. The molecule has 1 aromatic carbocycles. The van der Waals surface area contributed by atoms with Crippen LogP contribution in [-0.4, -0.2) is 39.6 Å². The van der Waals surface area contributed by atoms with Gasteiger partial charge >= 0.3 is 6.03 Å². The zero-order valence-corrected chi connectivity index (χ0v) is 13.7. The normalized spacial score (nSPS) is 20.7. The van der Waals surface area contributed by atoms with Crippen molar-refractivity contribution in [2.75, 3.05) is 13.1 Å². The number of amides is 2. The Morgan fingerprint density at radius 3 is 3.00 bits per heavy atom. The molecule has 0 saturated carbocycles. The number of urea groups is 1. The summed E-state index contributed by atoms with van der Waals surface area (Å²) >= 11 is 5.95. The van der Waals surface area contributed by atoms with Crippen molar-refractivity contribution in [3.63, 3.8) is 0 Å². The van der Waals surface area contributed by atoms with Gasteiger partial charge < -0.3 is 20.5 Å². The second-order valence-corrected chi connectivity index (χ2v) is 6.36. The van der Waals surface area contributed by atoms with Gasteiger partial charge in [0.2, 0.25) is 0 Å². The minimum Gasteiger partial charge on any atom is -0.340 e. The standard InChI is InChI=1S/C16H20ClN5O/c1-21-9-15(20-10-21)13-7-22(8-14(13)18)16(23)19-6-11-3-2-4-12(17)5-11/h2-5,9-10,13-14H,6-8,18H2,1H3,(H,19,23)/t13-,14-/m0/s1. The van der Waals surface area contributed by atoms with Crippen molar-refractivity contribution < 1.29 is 4.79 Å². The van der Waals surface area contributed by atoms with Gasteiger partial charge in [0.15, 0.2) is 0 Å². The molecule has 0 radical (unpaired) electrons. The maximum atomic E-state index is 12.3. The van der Waals surface area contributed by atoms with Crippen LogP contribution in [0.15, 0.2) is 36.8 Å². The van der Waals surface area contributed by atoms with Crippen LogP contribution in [-0.2, 0) is 13.6 Å². The number of aryl methyl sites for hydroxylation is 1.